The van der Waals surface area contributed by atoms with Crippen LogP contribution in [0, 0.1) is 10.8 Å². The zero-order chi connectivity index (χ0) is 18.2. The molecule has 148 valence electrons. The Morgan fingerprint density at radius 3 is 2.35 bits per heavy atom. The van der Waals surface area contributed by atoms with Gasteiger partial charge in [0, 0.05) is 52.0 Å². The van der Waals surface area contributed by atoms with Crippen molar-refractivity contribution in [1.82, 2.24) is 14.7 Å². The molecular formula is C20H35N3O3. The highest BCUT2D eigenvalue weighted by Gasteiger charge is 2.71. The Labute approximate surface area is 157 Å². The van der Waals surface area contributed by atoms with Crippen molar-refractivity contribution in [2.75, 3.05) is 66.1 Å². The number of aliphatic hydroxyl groups excluding tert-OH is 1. The SMILES string of the molecule is CN1CCC(N2CCN(C(=O)C3(CCO)CC34CCOCC4)CC2)CC1. The Hall–Kier alpha value is -0.690. The molecule has 0 aromatic carbocycles. The van der Waals surface area contributed by atoms with E-state index in [1.54, 1.807) is 0 Å². The summed E-state index contributed by atoms with van der Waals surface area (Å²) in [5.41, 5.74) is -0.197. The second-order valence-electron chi connectivity index (χ2n) is 8.99. The number of carbonyl (C=O) groups excluding carboxylic acids is 1. The Kier molecular flexibility index (Phi) is 5.30. The van der Waals surface area contributed by atoms with Crippen LogP contribution in [-0.4, -0.2) is 97.9 Å². The van der Waals surface area contributed by atoms with Crippen LogP contribution in [0.15, 0.2) is 0 Å². The predicted octanol–water partition coefficient (Wildman–Crippen LogP) is 0.794. The summed E-state index contributed by atoms with van der Waals surface area (Å²) < 4.78 is 5.53. The number of piperidine rings is 1. The van der Waals surface area contributed by atoms with Gasteiger partial charge in [0.2, 0.25) is 5.91 Å². The minimum Gasteiger partial charge on any atom is -0.396 e. The molecule has 4 aliphatic rings. The van der Waals surface area contributed by atoms with Gasteiger partial charge in [-0.3, -0.25) is 9.69 Å². The van der Waals surface area contributed by atoms with Crippen LogP contribution in [0.4, 0.5) is 0 Å². The first-order valence-electron chi connectivity index (χ1n) is 10.5. The average molecular weight is 366 g/mol. The topological polar surface area (TPSA) is 56.2 Å². The fourth-order valence-corrected chi connectivity index (χ4v) is 5.86. The van der Waals surface area contributed by atoms with Crippen molar-refractivity contribution in [2.24, 2.45) is 10.8 Å². The summed E-state index contributed by atoms with van der Waals surface area (Å²) in [7, 11) is 2.20. The molecule has 3 heterocycles. The number of hydrogen-bond donors (Lipinski definition) is 1. The summed E-state index contributed by atoms with van der Waals surface area (Å²) in [5.74, 6) is 0.316. The molecule has 3 saturated heterocycles. The molecule has 4 fully saturated rings. The van der Waals surface area contributed by atoms with Gasteiger partial charge in [-0.1, -0.05) is 0 Å². The number of rotatable bonds is 4. The highest BCUT2D eigenvalue weighted by Crippen LogP contribution is 2.71. The molecular weight excluding hydrogens is 330 g/mol. The monoisotopic (exact) mass is 365 g/mol. The number of likely N-dealkylation sites (tertiary alicyclic amines) is 1. The van der Waals surface area contributed by atoms with Crippen LogP contribution in [0.25, 0.3) is 0 Å². The largest absolute Gasteiger partial charge is 0.396 e. The van der Waals surface area contributed by atoms with Crippen LogP contribution in [0.2, 0.25) is 0 Å². The van der Waals surface area contributed by atoms with Crippen molar-refractivity contribution < 1.29 is 14.6 Å². The van der Waals surface area contributed by atoms with E-state index in [4.69, 9.17) is 4.74 Å². The number of carbonyl (C=O) groups is 1. The van der Waals surface area contributed by atoms with Crippen molar-refractivity contribution >= 4 is 5.91 Å². The summed E-state index contributed by atoms with van der Waals surface area (Å²) in [4.78, 5) is 20.5. The molecule has 1 atom stereocenters. The van der Waals surface area contributed by atoms with Crippen LogP contribution in [-0.2, 0) is 9.53 Å². The average Bonchev–Trinajstić information content (AvgIpc) is 3.29. The van der Waals surface area contributed by atoms with Gasteiger partial charge in [0.1, 0.15) is 0 Å². The third kappa shape index (κ3) is 3.19. The maximum Gasteiger partial charge on any atom is 0.229 e. The standard InChI is InChI=1S/C20H35N3O3/c1-21-7-2-17(3-8-21)22-9-11-23(12-10-22)18(25)20(4-13-24)16-19(20)5-14-26-15-6-19/h17,24H,2-16H2,1H3. The minimum atomic E-state index is -0.304. The van der Waals surface area contributed by atoms with Crippen LogP contribution in [0.5, 0.6) is 0 Å². The predicted molar refractivity (Wildman–Crippen MR) is 99.9 cm³/mol. The zero-order valence-corrected chi connectivity index (χ0v) is 16.3. The quantitative estimate of drug-likeness (QED) is 0.798. The lowest BCUT2D eigenvalue weighted by atomic mass is 9.83. The van der Waals surface area contributed by atoms with E-state index in [0.717, 1.165) is 58.7 Å². The van der Waals surface area contributed by atoms with E-state index in [0.29, 0.717) is 18.4 Å². The van der Waals surface area contributed by atoms with Crippen LogP contribution < -0.4 is 0 Å². The smallest absolute Gasteiger partial charge is 0.229 e. The number of hydrogen-bond acceptors (Lipinski definition) is 5. The van der Waals surface area contributed by atoms with Crippen molar-refractivity contribution in [3.05, 3.63) is 0 Å². The van der Waals surface area contributed by atoms with Crippen molar-refractivity contribution in [3.8, 4) is 0 Å². The Morgan fingerprint density at radius 2 is 1.73 bits per heavy atom. The molecule has 0 bridgehead atoms. The second-order valence-corrected chi connectivity index (χ2v) is 8.99. The molecule has 6 nitrogen and oxygen atoms in total. The fourth-order valence-electron chi connectivity index (χ4n) is 5.86. The van der Waals surface area contributed by atoms with Crippen molar-refractivity contribution in [2.45, 2.75) is 44.6 Å². The van der Waals surface area contributed by atoms with Gasteiger partial charge in [0.15, 0.2) is 0 Å². The molecule has 1 unspecified atom stereocenters. The van der Waals surface area contributed by atoms with Crippen LogP contribution >= 0.6 is 0 Å². The van der Waals surface area contributed by atoms with E-state index in [9.17, 15) is 9.90 Å². The Balaban J connectivity index is 1.35. The lowest BCUT2D eigenvalue weighted by Gasteiger charge is -2.43. The fraction of sp³-hybridized carbons (Fsp3) is 0.950. The zero-order valence-electron chi connectivity index (χ0n) is 16.3. The van der Waals surface area contributed by atoms with E-state index in [2.05, 4.69) is 21.7 Å². The molecule has 1 spiro atoms. The molecule has 0 radical (unpaired) electrons. The Morgan fingerprint density at radius 1 is 1.08 bits per heavy atom. The molecule has 4 rings (SSSR count). The first-order chi connectivity index (χ1) is 12.6. The molecule has 1 N–H and O–H groups in total. The lowest BCUT2D eigenvalue weighted by Crippen LogP contribution is -2.55. The van der Waals surface area contributed by atoms with Crippen LogP contribution in [0.3, 0.4) is 0 Å². The minimum absolute atomic E-state index is 0.107. The van der Waals surface area contributed by atoms with E-state index < -0.39 is 0 Å². The lowest BCUT2D eigenvalue weighted by molar-refractivity contribution is -0.142. The van der Waals surface area contributed by atoms with Gasteiger partial charge in [-0.2, -0.15) is 0 Å². The van der Waals surface area contributed by atoms with E-state index in [1.165, 1.54) is 25.9 Å². The number of aliphatic hydroxyl groups is 1. The Bertz CT molecular complexity index is 506. The van der Waals surface area contributed by atoms with Crippen molar-refractivity contribution in [3.63, 3.8) is 0 Å². The second kappa shape index (κ2) is 7.38. The summed E-state index contributed by atoms with van der Waals surface area (Å²) in [5, 5.41) is 9.62. The molecule has 26 heavy (non-hydrogen) atoms. The van der Waals surface area contributed by atoms with Gasteiger partial charge in [-0.15, -0.1) is 0 Å². The molecule has 6 heteroatoms. The van der Waals surface area contributed by atoms with Gasteiger partial charge >= 0.3 is 0 Å². The highest BCUT2D eigenvalue weighted by atomic mass is 16.5. The van der Waals surface area contributed by atoms with Crippen LogP contribution in [0.1, 0.15) is 38.5 Å². The van der Waals surface area contributed by atoms with Gasteiger partial charge in [-0.05, 0) is 64.1 Å². The molecule has 0 aromatic heterocycles. The summed E-state index contributed by atoms with van der Waals surface area (Å²) in [6, 6.07) is 0.692. The number of nitrogens with zero attached hydrogens (tertiary/aromatic N) is 3. The van der Waals surface area contributed by atoms with Gasteiger partial charge in [0.05, 0.1) is 5.41 Å². The third-order valence-electron chi connectivity index (χ3n) is 7.73. The summed E-state index contributed by atoms with van der Waals surface area (Å²) in [6.45, 7) is 7.74. The normalized spacial score (nSPS) is 33.5. The van der Waals surface area contributed by atoms with Gasteiger partial charge in [0.25, 0.3) is 0 Å². The molecule has 0 aromatic rings. The highest BCUT2D eigenvalue weighted by molar-refractivity contribution is 5.87. The number of amides is 1. The van der Waals surface area contributed by atoms with Gasteiger partial charge in [-0.25, -0.2) is 0 Å². The number of piperazine rings is 1. The molecule has 1 amide bonds. The molecule has 1 aliphatic carbocycles. The van der Waals surface area contributed by atoms with Crippen molar-refractivity contribution in [1.29, 1.82) is 0 Å². The number of ether oxygens (including phenoxy) is 1. The van der Waals surface area contributed by atoms with E-state index in [1.807, 2.05) is 0 Å². The first kappa shape index (κ1) is 18.7. The summed E-state index contributed by atoms with van der Waals surface area (Å²) >= 11 is 0. The van der Waals surface area contributed by atoms with E-state index in [-0.39, 0.29) is 17.4 Å². The third-order valence-corrected chi connectivity index (χ3v) is 7.73. The van der Waals surface area contributed by atoms with Gasteiger partial charge < -0.3 is 19.6 Å². The van der Waals surface area contributed by atoms with E-state index >= 15 is 0 Å². The molecule has 3 aliphatic heterocycles. The summed E-state index contributed by atoms with van der Waals surface area (Å²) in [6.07, 6.45) is 6.05. The first-order valence-corrected chi connectivity index (χ1v) is 10.5. The maximum absolute atomic E-state index is 13.4. The maximum atomic E-state index is 13.4. The molecule has 1 saturated carbocycles.